The monoisotopic (exact) mass is 520 g/mol. The molecule has 4 bridgehead atoms. The Morgan fingerprint density at radius 1 is 0.947 bits per heavy atom. The lowest BCUT2D eigenvalue weighted by Gasteiger charge is -2.54. The quantitative estimate of drug-likeness (QED) is 0.419. The summed E-state index contributed by atoms with van der Waals surface area (Å²) in [7, 11) is 0. The van der Waals surface area contributed by atoms with Crippen molar-refractivity contribution in [2.75, 3.05) is 6.61 Å². The highest BCUT2D eigenvalue weighted by atomic mass is 16.6. The van der Waals surface area contributed by atoms with Crippen molar-refractivity contribution in [3.63, 3.8) is 0 Å². The van der Waals surface area contributed by atoms with Gasteiger partial charge in [0, 0.05) is 24.2 Å². The van der Waals surface area contributed by atoms with E-state index in [0.29, 0.717) is 23.8 Å². The lowest BCUT2D eigenvalue weighted by Crippen LogP contribution is -2.58. The maximum absolute atomic E-state index is 13.9. The van der Waals surface area contributed by atoms with Crippen molar-refractivity contribution in [3.05, 3.63) is 40.3 Å². The van der Waals surface area contributed by atoms with Gasteiger partial charge < -0.3 is 14.5 Å². The van der Waals surface area contributed by atoms with Crippen molar-refractivity contribution < 1.29 is 14.7 Å². The summed E-state index contributed by atoms with van der Waals surface area (Å²) in [5.74, 6) is 0.695. The number of para-hydroxylation sites is 2. The summed E-state index contributed by atoms with van der Waals surface area (Å²) in [6.45, 7) is 1.11. The van der Waals surface area contributed by atoms with Crippen LogP contribution in [0, 0.1) is 11.8 Å². The summed E-state index contributed by atoms with van der Waals surface area (Å²) in [5.41, 5.74) is 1.99. The van der Waals surface area contributed by atoms with Gasteiger partial charge in [0.1, 0.15) is 5.71 Å². The van der Waals surface area contributed by atoms with Crippen LogP contribution in [0.1, 0.15) is 95.7 Å². The molecule has 2 saturated heterocycles. The van der Waals surface area contributed by atoms with Crippen molar-refractivity contribution in [1.82, 2.24) is 14.5 Å². The van der Waals surface area contributed by atoms with Gasteiger partial charge in [0.2, 0.25) is 6.61 Å². The molecular formula is C30H40N4O4. The van der Waals surface area contributed by atoms with Crippen LogP contribution in [0.2, 0.25) is 0 Å². The molecule has 1 N–H and O–H groups in total. The Morgan fingerprint density at radius 3 is 2.32 bits per heavy atom. The van der Waals surface area contributed by atoms with E-state index in [-0.39, 0.29) is 17.3 Å². The average molecular weight is 521 g/mol. The lowest BCUT2D eigenvalue weighted by atomic mass is 9.73. The number of aliphatic carboxylic acids is 1. The highest BCUT2D eigenvalue weighted by molar-refractivity contribution is 5.97. The Bertz CT molecular complexity index is 1240. The predicted octanol–water partition coefficient (Wildman–Crippen LogP) is 5.14. The van der Waals surface area contributed by atoms with E-state index in [0.717, 1.165) is 35.7 Å². The van der Waals surface area contributed by atoms with Gasteiger partial charge in [-0.2, -0.15) is 0 Å². The van der Waals surface area contributed by atoms with Gasteiger partial charge in [-0.15, -0.1) is 0 Å². The third-order valence-corrected chi connectivity index (χ3v) is 9.67. The van der Waals surface area contributed by atoms with Crippen LogP contribution < -0.4 is 5.56 Å². The molecule has 2 aromatic rings. The van der Waals surface area contributed by atoms with Crippen LogP contribution in [0.3, 0.4) is 0 Å². The van der Waals surface area contributed by atoms with Crippen LogP contribution >= 0.6 is 0 Å². The number of carboxylic acid groups (broad SMARTS) is 1. The number of hydrogen-bond donors (Lipinski definition) is 1. The average Bonchev–Trinajstić information content (AvgIpc) is 3.06. The largest absolute Gasteiger partial charge is 0.479 e. The molecule has 2 aliphatic heterocycles. The molecule has 204 valence electrons. The fourth-order valence-corrected chi connectivity index (χ4v) is 8.29. The zero-order chi connectivity index (χ0) is 26.2. The van der Waals surface area contributed by atoms with Gasteiger partial charge in [-0.05, 0) is 75.8 Å². The zero-order valence-corrected chi connectivity index (χ0v) is 22.4. The summed E-state index contributed by atoms with van der Waals surface area (Å²) in [4.78, 5) is 37.3. The Morgan fingerprint density at radius 2 is 1.63 bits per heavy atom. The molecule has 1 aromatic carbocycles. The number of carbonyl (C=O) groups is 1. The summed E-state index contributed by atoms with van der Waals surface area (Å²) < 4.78 is 1.97. The minimum absolute atomic E-state index is 0.110. The van der Waals surface area contributed by atoms with Crippen molar-refractivity contribution in [1.29, 1.82) is 0 Å². The second-order valence-corrected chi connectivity index (χ2v) is 12.2. The maximum Gasteiger partial charge on any atom is 0.344 e. The summed E-state index contributed by atoms with van der Waals surface area (Å²) in [6, 6.07) is 9.68. The number of hydrogen-bond acceptors (Lipinski definition) is 6. The molecule has 2 saturated carbocycles. The first-order valence-corrected chi connectivity index (χ1v) is 14.7. The number of benzene rings is 1. The van der Waals surface area contributed by atoms with Gasteiger partial charge in [-0.25, -0.2) is 9.78 Å². The Balaban J connectivity index is 1.31. The number of aromatic nitrogens is 2. The molecule has 8 nitrogen and oxygen atoms in total. The molecule has 8 heteroatoms. The highest BCUT2D eigenvalue weighted by Crippen LogP contribution is 2.46. The third-order valence-electron chi connectivity index (χ3n) is 9.67. The van der Waals surface area contributed by atoms with Crippen LogP contribution in [0.15, 0.2) is 34.2 Å². The van der Waals surface area contributed by atoms with Gasteiger partial charge in [-0.1, -0.05) is 49.4 Å². The Labute approximate surface area is 224 Å². The maximum atomic E-state index is 13.9. The molecule has 0 radical (unpaired) electrons. The molecule has 1 unspecified atom stereocenters. The van der Waals surface area contributed by atoms with Crippen molar-refractivity contribution in [2.24, 2.45) is 17.0 Å². The fraction of sp³-hybridized carbons (Fsp3) is 0.667. The molecular weight excluding hydrogens is 480 g/mol. The van der Waals surface area contributed by atoms with E-state index >= 15 is 0 Å². The third kappa shape index (κ3) is 4.99. The number of oxime groups is 1. The molecule has 4 aliphatic rings. The van der Waals surface area contributed by atoms with E-state index in [1.54, 1.807) is 6.92 Å². The normalized spacial score (nSPS) is 32.1. The van der Waals surface area contributed by atoms with Gasteiger partial charge in [0.25, 0.3) is 5.56 Å². The van der Waals surface area contributed by atoms with Gasteiger partial charge in [-0.3, -0.25) is 9.69 Å². The standard InChI is InChI=1S/C30H40N4O4/c1-19(32-38-18-28(35)36)29-30(37)34(27-12-5-4-11-26(27)31-29)25-16-22-9-6-10-23(17-25)33(22)24-14-20-7-2-3-8-21(13-20)15-24/h4-5,11-12,20-25H,2-3,6-10,13-18H2,1H3,(H,35,36)/b32-19+/t20-,21-,22-,23+,25?/m0/s1. The molecule has 3 heterocycles. The smallest absolute Gasteiger partial charge is 0.344 e. The lowest BCUT2D eigenvalue weighted by molar-refractivity contribution is -0.142. The van der Waals surface area contributed by atoms with E-state index < -0.39 is 12.6 Å². The Hall–Kier alpha value is -2.74. The van der Waals surface area contributed by atoms with E-state index in [2.05, 4.69) is 15.0 Å². The van der Waals surface area contributed by atoms with Crippen LogP contribution in [-0.2, 0) is 9.63 Å². The van der Waals surface area contributed by atoms with Crippen LogP contribution in [0.5, 0.6) is 0 Å². The van der Waals surface area contributed by atoms with E-state index in [1.807, 2.05) is 28.8 Å². The molecule has 0 spiro atoms. The zero-order valence-electron chi connectivity index (χ0n) is 22.4. The molecule has 6 rings (SSSR count). The van der Waals surface area contributed by atoms with E-state index in [4.69, 9.17) is 9.94 Å². The number of rotatable bonds is 6. The van der Waals surface area contributed by atoms with Crippen LogP contribution in [0.4, 0.5) is 0 Å². The summed E-state index contributed by atoms with van der Waals surface area (Å²) in [6.07, 6.45) is 15.5. The van der Waals surface area contributed by atoms with Gasteiger partial charge in [0.15, 0.2) is 5.69 Å². The fourth-order valence-electron chi connectivity index (χ4n) is 8.29. The van der Waals surface area contributed by atoms with Crippen LogP contribution in [0.25, 0.3) is 11.0 Å². The first-order chi connectivity index (χ1) is 18.5. The first-order valence-electron chi connectivity index (χ1n) is 14.7. The van der Waals surface area contributed by atoms with Gasteiger partial charge in [0.05, 0.1) is 11.0 Å². The summed E-state index contributed by atoms with van der Waals surface area (Å²) in [5, 5.41) is 12.8. The van der Waals surface area contributed by atoms with Crippen molar-refractivity contribution in [2.45, 2.75) is 108 Å². The molecule has 5 atom stereocenters. The summed E-state index contributed by atoms with van der Waals surface area (Å²) >= 11 is 0. The van der Waals surface area contributed by atoms with E-state index in [1.165, 1.54) is 64.2 Å². The van der Waals surface area contributed by atoms with Crippen molar-refractivity contribution in [3.8, 4) is 0 Å². The second kappa shape index (κ2) is 10.8. The SMILES string of the molecule is C/C(=N\OCC(=O)O)c1nc2ccccc2n(C2C[C@H]3CCC[C@@H](C2)N3C2C[C@H]3CCCC[C@H](C2)C3)c1=O. The molecule has 1 aromatic heterocycles. The number of nitrogens with zero attached hydrogens (tertiary/aromatic N) is 4. The van der Waals surface area contributed by atoms with Gasteiger partial charge >= 0.3 is 5.97 Å². The molecule has 0 amide bonds. The molecule has 4 fully saturated rings. The molecule has 2 aliphatic carbocycles. The molecule has 38 heavy (non-hydrogen) atoms. The number of fused-ring (bicyclic) bond motifs is 5. The predicted molar refractivity (Wildman–Crippen MR) is 146 cm³/mol. The topological polar surface area (TPSA) is 97.0 Å². The minimum Gasteiger partial charge on any atom is -0.479 e. The van der Waals surface area contributed by atoms with Crippen LogP contribution in [-0.4, -0.2) is 56.0 Å². The van der Waals surface area contributed by atoms with Crippen molar-refractivity contribution >= 4 is 22.7 Å². The minimum atomic E-state index is -1.11. The number of piperidine rings is 2. The Kier molecular flexibility index (Phi) is 7.25. The number of carboxylic acids is 1. The second-order valence-electron chi connectivity index (χ2n) is 12.2. The first kappa shape index (κ1) is 25.5. The highest BCUT2D eigenvalue weighted by Gasteiger charge is 2.45. The van der Waals surface area contributed by atoms with E-state index in [9.17, 15) is 9.59 Å².